The Morgan fingerprint density at radius 2 is 2.32 bits per heavy atom. The summed E-state index contributed by atoms with van der Waals surface area (Å²) in [6.45, 7) is 0. The number of hydrogen-bond donors (Lipinski definition) is 2. The van der Waals surface area contributed by atoms with Crippen LogP contribution in [0.4, 0.5) is 15.8 Å². The van der Waals surface area contributed by atoms with Crippen molar-refractivity contribution in [2.45, 2.75) is 0 Å². The molecule has 5 nitrogen and oxygen atoms in total. The van der Waals surface area contributed by atoms with Gasteiger partial charge in [-0.1, -0.05) is 0 Å². The minimum atomic E-state index is -0.443. The molecule has 0 saturated carbocycles. The van der Waals surface area contributed by atoms with E-state index in [0.717, 1.165) is 11.6 Å². The van der Waals surface area contributed by atoms with Crippen molar-refractivity contribution in [1.82, 2.24) is 9.78 Å². The van der Waals surface area contributed by atoms with Crippen molar-refractivity contribution < 1.29 is 9.18 Å². The van der Waals surface area contributed by atoms with E-state index in [0.29, 0.717) is 5.69 Å². The van der Waals surface area contributed by atoms with Gasteiger partial charge in [0.15, 0.2) is 0 Å². The van der Waals surface area contributed by atoms with Crippen LogP contribution in [0.5, 0.6) is 0 Å². The quantitative estimate of drug-likeness (QED) is 0.652. The standard InChI is InChI=1S/C13H13FN4O/c1-18-8-9(7-16-18)2-5-13(19)17-12-4-3-10(14)6-11(12)15/h2-8H,15H2,1H3,(H,17,19). The molecule has 3 N–H and O–H groups in total. The molecule has 0 unspecified atom stereocenters. The second-order valence-corrected chi connectivity index (χ2v) is 4.00. The number of aromatic nitrogens is 2. The molecule has 2 aromatic rings. The van der Waals surface area contributed by atoms with Crippen LogP contribution in [-0.4, -0.2) is 15.7 Å². The molecule has 0 bridgehead atoms. The summed E-state index contributed by atoms with van der Waals surface area (Å²) in [5, 5.41) is 6.54. The van der Waals surface area contributed by atoms with Crippen LogP contribution in [0.2, 0.25) is 0 Å². The van der Waals surface area contributed by atoms with Crippen molar-refractivity contribution in [1.29, 1.82) is 0 Å². The largest absolute Gasteiger partial charge is 0.397 e. The van der Waals surface area contributed by atoms with Crippen molar-refractivity contribution >= 4 is 23.4 Å². The molecule has 6 heteroatoms. The van der Waals surface area contributed by atoms with E-state index in [9.17, 15) is 9.18 Å². The normalized spacial score (nSPS) is 10.8. The van der Waals surface area contributed by atoms with Crippen LogP contribution in [0.1, 0.15) is 5.56 Å². The van der Waals surface area contributed by atoms with Crippen LogP contribution in [0.25, 0.3) is 6.08 Å². The first kappa shape index (κ1) is 12.8. The topological polar surface area (TPSA) is 72.9 Å². The monoisotopic (exact) mass is 260 g/mol. The first-order valence-electron chi connectivity index (χ1n) is 5.57. The van der Waals surface area contributed by atoms with Gasteiger partial charge in [0.25, 0.3) is 0 Å². The van der Waals surface area contributed by atoms with Crippen molar-refractivity contribution in [3.63, 3.8) is 0 Å². The van der Waals surface area contributed by atoms with E-state index in [-0.39, 0.29) is 11.6 Å². The molecule has 19 heavy (non-hydrogen) atoms. The number of nitrogens with one attached hydrogen (secondary N) is 1. The highest BCUT2D eigenvalue weighted by Gasteiger charge is 2.03. The average molecular weight is 260 g/mol. The Bertz CT molecular complexity index is 633. The van der Waals surface area contributed by atoms with Crippen molar-refractivity contribution in [3.8, 4) is 0 Å². The minimum Gasteiger partial charge on any atom is -0.397 e. The summed E-state index contributed by atoms with van der Waals surface area (Å²) in [5.41, 5.74) is 6.96. The fourth-order valence-electron chi connectivity index (χ4n) is 1.52. The van der Waals surface area contributed by atoms with E-state index in [2.05, 4.69) is 10.4 Å². The maximum atomic E-state index is 12.8. The van der Waals surface area contributed by atoms with Gasteiger partial charge in [-0.25, -0.2) is 4.39 Å². The SMILES string of the molecule is Cn1cc(C=CC(=O)Nc2ccc(F)cc2N)cn1. The number of amides is 1. The molecular formula is C13H13FN4O. The van der Waals surface area contributed by atoms with Crippen LogP contribution in [0.3, 0.4) is 0 Å². The molecule has 0 atom stereocenters. The van der Waals surface area contributed by atoms with Gasteiger partial charge < -0.3 is 11.1 Å². The van der Waals surface area contributed by atoms with Gasteiger partial charge in [-0.3, -0.25) is 9.48 Å². The third kappa shape index (κ3) is 3.41. The number of nitrogen functional groups attached to an aromatic ring is 1. The van der Waals surface area contributed by atoms with Gasteiger partial charge in [0, 0.05) is 24.9 Å². The van der Waals surface area contributed by atoms with Gasteiger partial charge in [-0.15, -0.1) is 0 Å². The van der Waals surface area contributed by atoms with Gasteiger partial charge in [0.1, 0.15) is 5.82 Å². The molecule has 1 aromatic carbocycles. The van der Waals surface area contributed by atoms with E-state index in [1.165, 1.54) is 18.2 Å². The maximum Gasteiger partial charge on any atom is 0.248 e. The van der Waals surface area contributed by atoms with E-state index in [1.54, 1.807) is 30.2 Å². The fraction of sp³-hybridized carbons (Fsp3) is 0.0769. The Kier molecular flexibility index (Phi) is 3.61. The molecule has 0 spiro atoms. The Labute approximate surface area is 109 Å². The molecule has 0 aliphatic heterocycles. The molecule has 2 rings (SSSR count). The third-order valence-corrected chi connectivity index (χ3v) is 2.42. The highest BCUT2D eigenvalue weighted by atomic mass is 19.1. The van der Waals surface area contributed by atoms with E-state index < -0.39 is 5.82 Å². The van der Waals surface area contributed by atoms with Gasteiger partial charge in [-0.05, 0) is 24.3 Å². The van der Waals surface area contributed by atoms with Crippen LogP contribution in [0, 0.1) is 5.82 Å². The third-order valence-electron chi connectivity index (χ3n) is 2.42. The van der Waals surface area contributed by atoms with Gasteiger partial charge in [0.05, 0.1) is 17.6 Å². The van der Waals surface area contributed by atoms with Gasteiger partial charge in [0.2, 0.25) is 5.91 Å². The Hall–Kier alpha value is -2.63. The second-order valence-electron chi connectivity index (χ2n) is 4.00. The molecule has 0 radical (unpaired) electrons. The number of nitrogens with two attached hydrogens (primary N) is 1. The fourth-order valence-corrected chi connectivity index (χ4v) is 1.52. The zero-order chi connectivity index (χ0) is 13.8. The molecule has 0 fully saturated rings. The summed E-state index contributed by atoms with van der Waals surface area (Å²) < 4.78 is 14.5. The average Bonchev–Trinajstić information content (AvgIpc) is 2.76. The molecule has 98 valence electrons. The molecule has 0 saturated heterocycles. The first-order valence-corrected chi connectivity index (χ1v) is 5.57. The lowest BCUT2D eigenvalue weighted by Gasteiger charge is -2.05. The summed E-state index contributed by atoms with van der Waals surface area (Å²) in [6, 6.07) is 3.80. The predicted molar refractivity (Wildman–Crippen MR) is 71.7 cm³/mol. The maximum absolute atomic E-state index is 12.8. The summed E-state index contributed by atoms with van der Waals surface area (Å²) >= 11 is 0. The summed E-state index contributed by atoms with van der Waals surface area (Å²) in [6.07, 6.45) is 6.40. The molecule has 1 amide bonds. The number of carbonyl (C=O) groups is 1. The number of nitrogens with zero attached hydrogens (tertiary/aromatic N) is 2. The number of hydrogen-bond acceptors (Lipinski definition) is 3. The minimum absolute atomic E-state index is 0.183. The zero-order valence-electron chi connectivity index (χ0n) is 10.3. The van der Waals surface area contributed by atoms with E-state index >= 15 is 0 Å². The molecular weight excluding hydrogens is 247 g/mol. The van der Waals surface area contributed by atoms with Gasteiger partial charge in [-0.2, -0.15) is 5.10 Å². The first-order chi connectivity index (χ1) is 9.04. The predicted octanol–water partition coefficient (Wildman–Crippen LogP) is 1.79. The Balaban J connectivity index is 2.03. The van der Waals surface area contributed by atoms with Crippen LogP contribution in [0.15, 0.2) is 36.7 Å². The van der Waals surface area contributed by atoms with Crippen molar-refractivity contribution in [3.05, 3.63) is 48.0 Å². The molecule has 1 heterocycles. The second kappa shape index (κ2) is 5.34. The number of carbonyl (C=O) groups excluding carboxylic acids is 1. The summed E-state index contributed by atoms with van der Waals surface area (Å²) in [5.74, 6) is -0.788. The number of aryl methyl sites for hydroxylation is 1. The molecule has 0 aliphatic carbocycles. The molecule has 1 aromatic heterocycles. The summed E-state index contributed by atoms with van der Waals surface area (Å²) in [4.78, 5) is 11.7. The Morgan fingerprint density at radius 3 is 2.95 bits per heavy atom. The van der Waals surface area contributed by atoms with Crippen molar-refractivity contribution in [2.24, 2.45) is 7.05 Å². The summed E-state index contributed by atoms with van der Waals surface area (Å²) in [7, 11) is 1.79. The van der Waals surface area contributed by atoms with Gasteiger partial charge >= 0.3 is 0 Å². The lowest BCUT2D eigenvalue weighted by molar-refractivity contribution is -0.111. The smallest absolute Gasteiger partial charge is 0.248 e. The number of rotatable bonds is 3. The highest BCUT2D eigenvalue weighted by molar-refractivity contribution is 6.03. The van der Waals surface area contributed by atoms with Crippen LogP contribution < -0.4 is 11.1 Å². The van der Waals surface area contributed by atoms with Crippen LogP contribution >= 0.6 is 0 Å². The highest BCUT2D eigenvalue weighted by Crippen LogP contribution is 2.18. The lowest BCUT2D eigenvalue weighted by Crippen LogP contribution is -2.09. The van der Waals surface area contributed by atoms with E-state index in [4.69, 9.17) is 5.73 Å². The van der Waals surface area contributed by atoms with E-state index in [1.807, 2.05) is 0 Å². The lowest BCUT2D eigenvalue weighted by atomic mass is 10.2. The number of benzene rings is 1. The number of halogens is 1. The number of anilines is 2. The van der Waals surface area contributed by atoms with Crippen LogP contribution in [-0.2, 0) is 11.8 Å². The Morgan fingerprint density at radius 1 is 1.53 bits per heavy atom. The van der Waals surface area contributed by atoms with Crippen molar-refractivity contribution in [2.75, 3.05) is 11.1 Å². The zero-order valence-corrected chi connectivity index (χ0v) is 10.3. The molecule has 0 aliphatic rings.